The van der Waals surface area contributed by atoms with E-state index in [2.05, 4.69) is 5.10 Å². The number of benzene rings is 1. The van der Waals surface area contributed by atoms with Crippen LogP contribution in [-0.2, 0) is 6.42 Å². The summed E-state index contributed by atoms with van der Waals surface area (Å²) in [5.41, 5.74) is 1.01. The Morgan fingerprint density at radius 2 is 1.78 bits per heavy atom. The quantitative estimate of drug-likeness (QED) is 0.663. The minimum atomic E-state index is -1.48. The van der Waals surface area contributed by atoms with E-state index in [0.717, 1.165) is 30.7 Å². The number of aromatic nitrogens is 2. The number of aryl methyl sites for hydroxylation is 1. The van der Waals surface area contributed by atoms with Crippen molar-refractivity contribution in [3.8, 4) is 5.69 Å². The maximum absolute atomic E-state index is 13.1. The highest BCUT2D eigenvalue weighted by atomic mass is 32.1. The van der Waals surface area contributed by atoms with E-state index in [1.807, 2.05) is 6.92 Å². The summed E-state index contributed by atoms with van der Waals surface area (Å²) in [6, 6.07) is 3.53. The van der Waals surface area contributed by atoms with Crippen molar-refractivity contribution in [1.82, 2.24) is 9.78 Å². The first-order chi connectivity index (χ1) is 8.52. The third kappa shape index (κ3) is 2.33. The van der Waals surface area contributed by atoms with Crippen LogP contribution in [0.3, 0.4) is 0 Å². The summed E-state index contributed by atoms with van der Waals surface area (Å²) < 4.78 is 40.9. The monoisotopic (exact) mass is 272 g/mol. The molecule has 0 unspecified atom stereocenters. The second kappa shape index (κ2) is 4.97. The van der Waals surface area contributed by atoms with Crippen LogP contribution >= 0.6 is 12.2 Å². The Labute approximate surface area is 107 Å². The van der Waals surface area contributed by atoms with Gasteiger partial charge in [-0.25, -0.2) is 17.9 Å². The zero-order valence-electron chi connectivity index (χ0n) is 9.64. The van der Waals surface area contributed by atoms with Crippen molar-refractivity contribution >= 4 is 12.2 Å². The molecule has 2 rings (SSSR count). The Morgan fingerprint density at radius 1 is 1.17 bits per heavy atom. The molecule has 1 aromatic carbocycles. The van der Waals surface area contributed by atoms with Gasteiger partial charge in [0, 0.05) is 17.8 Å². The van der Waals surface area contributed by atoms with E-state index in [1.165, 1.54) is 4.68 Å². The Kier molecular flexibility index (Phi) is 3.56. The van der Waals surface area contributed by atoms with Gasteiger partial charge in [-0.1, -0.05) is 25.6 Å². The molecular weight excluding hydrogens is 261 g/mol. The van der Waals surface area contributed by atoms with Crippen molar-refractivity contribution in [2.75, 3.05) is 0 Å². The predicted octanol–water partition coefficient (Wildman–Crippen LogP) is 3.90. The number of nitrogens with one attached hydrogen (secondary N) is 1. The van der Waals surface area contributed by atoms with Gasteiger partial charge in [0.1, 0.15) is 4.64 Å². The van der Waals surface area contributed by atoms with E-state index in [-0.39, 0.29) is 5.69 Å². The number of hydrogen-bond donors (Lipinski definition) is 1. The molecule has 0 radical (unpaired) electrons. The van der Waals surface area contributed by atoms with Crippen LogP contribution in [0.4, 0.5) is 13.2 Å². The summed E-state index contributed by atoms with van der Waals surface area (Å²) in [5, 5.41) is 2.93. The molecule has 0 amide bonds. The summed E-state index contributed by atoms with van der Waals surface area (Å²) in [6.45, 7) is 2.01. The third-order valence-corrected chi connectivity index (χ3v) is 2.82. The molecule has 0 bridgehead atoms. The van der Waals surface area contributed by atoms with Crippen molar-refractivity contribution < 1.29 is 13.2 Å². The Bertz CT molecular complexity index is 607. The summed E-state index contributed by atoms with van der Waals surface area (Å²) in [7, 11) is 0. The zero-order valence-corrected chi connectivity index (χ0v) is 10.5. The average molecular weight is 272 g/mol. The lowest BCUT2D eigenvalue weighted by Crippen LogP contribution is -2.01. The van der Waals surface area contributed by atoms with Crippen LogP contribution in [0.1, 0.15) is 19.0 Å². The second-order valence-electron chi connectivity index (χ2n) is 3.93. The van der Waals surface area contributed by atoms with E-state index in [0.29, 0.717) is 4.64 Å². The number of H-pyrrole nitrogens is 1. The number of aromatic amines is 1. The molecule has 18 heavy (non-hydrogen) atoms. The van der Waals surface area contributed by atoms with Crippen LogP contribution in [0.2, 0.25) is 0 Å². The maximum Gasteiger partial charge on any atom is 0.194 e. The fourth-order valence-corrected chi connectivity index (χ4v) is 2.00. The van der Waals surface area contributed by atoms with Gasteiger partial charge in [-0.3, -0.25) is 5.10 Å². The van der Waals surface area contributed by atoms with Crippen LogP contribution in [0, 0.1) is 22.1 Å². The standard InChI is InChI=1S/C12H11F3N2S/c1-2-3-7-4-11(18)17(16-7)8-5-9(13)12(15)10(14)6-8/h4-6,16H,2-3H2,1H3. The average Bonchev–Trinajstić information content (AvgIpc) is 2.67. The van der Waals surface area contributed by atoms with Crippen LogP contribution in [0.15, 0.2) is 18.2 Å². The Balaban J connectivity index is 2.52. The van der Waals surface area contributed by atoms with Gasteiger partial charge in [0.05, 0.1) is 5.69 Å². The maximum atomic E-state index is 13.1. The minimum Gasteiger partial charge on any atom is -0.297 e. The minimum absolute atomic E-state index is 0.138. The van der Waals surface area contributed by atoms with Crippen molar-refractivity contribution in [3.63, 3.8) is 0 Å². The molecule has 96 valence electrons. The summed E-state index contributed by atoms with van der Waals surface area (Å²) in [4.78, 5) is 0. The van der Waals surface area contributed by atoms with E-state index >= 15 is 0 Å². The lowest BCUT2D eigenvalue weighted by atomic mass is 10.3. The first-order valence-corrected chi connectivity index (χ1v) is 5.89. The number of rotatable bonds is 3. The van der Waals surface area contributed by atoms with E-state index < -0.39 is 17.5 Å². The van der Waals surface area contributed by atoms with E-state index in [1.54, 1.807) is 6.07 Å². The molecule has 0 aliphatic rings. The van der Waals surface area contributed by atoms with Crippen LogP contribution in [0.25, 0.3) is 5.69 Å². The molecular formula is C12H11F3N2S. The van der Waals surface area contributed by atoms with Crippen molar-refractivity contribution in [2.45, 2.75) is 19.8 Å². The molecule has 0 spiro atoms. The molecule has 1 aromatic heterocycles. The molecule has 2 aromatic rings. The third-order valence-electron chi connectivity index (χ3n) is 2.52. The van der Waals surface area contributed by atoms with E-state index in [9.17, 15) is 13.2 Å². The molecule has 2 nitrogen and oxygen atoms in total. The van der Waals surface area contributed by atoms with Gasteiger partial charge >= 0.3 is 0 Å². The first kappa shape index (κ1) is 12.9. The van der Waals surface area contributed by atoms with Crippen LogP contribution in [-0.4, -0.2) is 9.78 Å². The molecule has 0 aliphatic carbocycles. The summed E-state index contributed by atoms with van der Waals surface area (Å²) in [5.74, 6) is -3.96. The first-order valence-electron chi connectivity index (χ1n) is 5.48. The summed E-state index contributed by atoms with van der Waals surface area (Å²) >= 11 is 5.08. The fraction of sp³-hybridized carbons (Fsp3) is 0.250. The SMILES string of the molecule is CCCc1cc(=S)n(-c2cc(F)c(F)c(F)c2)[nH]1. The molecule has 0 aliphatic heterocycles. The van der Waals surface area contributed by atoms with Gasteiger partial charge in [0.2, 0.25) is 0 Å². The molecule has 1 N–H and O–H groups in total. The zero-order chi connectivity index (χ0) is 13.3. The summed E-state index contributed by atoms with van der Waals surface area (Å²) in [6.07, 6.45) is 1.70. The van der Waals surface area contributed by atoms with Crippen LogP contribution < -0.4 is 0 Å². The number of hydrogen-bond acceptors (Lipinski definition) is 1. The molecule has 0 fully saturated rings. The molecule has 0 saturated heterocycles. The fourth-order valence-electron chi connectivity index (χ4n) is 1.71. The highest BCUT2D eigenvalue weighted by Gasteiger charge is 2.12. The Hall–Kier alpha value is -1.56. The van der Waals surface area contributed by atoms with Crippen LogP contribution in [0.5, 0.6) is 0 Å². The highest BCUT2D eigenvalue weighted by molar-refractivity contribution is 7.71. The molecule has 1 heterocycles. The second-order valence-corrected chi connectivity index (χ2v) is 4.35. The predicted molar refractivity (Wildman–Crippen MR) is 64.8 cm³/mol. The van der Waals surface area contributed by atoms with Gasteiger partial charge in [-0.05, 0) is 12.5 Å². The topological polar surface area (TPSA) is 20.7 Å². The molecule has 6 heteroatoms. The van der Waals surface area contributed by atoms with E-state index in [4.69, 9.17) is 12.2 Å². The van der Waals surface area contributed by atoms with Crippen molar-refractivity contribution in [2.24, 2.45) is 0 Å². The molecule has 0 saturated carbocycles. The number of nitrogens with zero attached hydrogens (tertiary/aromatic N) is 1. The van der Waals surface area contributed by atoms with Gasteiger partial charge in [0.25, 0.3) is 0 Å². The molecule has 0 atom stereocenters. The van der Waals surface area contributed by atoms with Gasteiger partial charge in [-0.15, -0.1) is 0 Å². The lowest BCUT2D eigenvalue weighted by molar-refractivity contribution is 0.446. The van der Waals surface area contributed by atoms with Gasteiger partial charge in [-0.2, -0.15) is 0 Å². The van der Waals surface area contributed by atoms with Crippen molar-refractivity contribution in [3.05, 3.63) is 46.0 Å². The number of halogens is 3. The lowest BCUT2D eigenvalue weighted by Gasteiger charge is -2.04. The van der Waals surface area contributed by atoms with Crippen molar-refractivity contribution in [1.29, 1.82) is 0 Å². The van der Waals surface area contributed by atoms with Gasteiger partial charge < -0.3 is 0 Å². The smallest absolute Gasteiger partial charge is 0.194 e. The highest BCUT2D eigenvalue weighted by Crippen LogP contribution is 2.17. The normalized spacial score (nSPS) is 10.9. The Morgan fingerprint density at radius 3 is 2.33 bits per heavy atom. The van der Waals surface area contributed by atoms with Gasteiger partial charge in [0.15, 0.2) is 17.5 Å². The largest absolute Gasteiger partial charge is 0.297 e.